The highest BCUT2D eigenvalue weighted by atomic mass is 35.5. The van der Waals surface area contributed by atoms with Gasteiger partial charge >= 0.3 is 0 Å². The van der Waals surface area contributed by atoms with Gasteiger partial charge in [0.2, 0.25) is 0 Å². The lowest BCUT2D eigenvalue weighted by molar-refractivity contribution is 0.467. The van der Waals surface area contributed by atoms with Gasteiger partial charge in [-0.05, 0) is 50.2 Å². The Morgan fingerprint density at radius 1 is 0.750 bits per heavy atom. The van der Waals surface area contributed by atoms with Crippen molar-refractivity contribution in [3.63, 3.8) is 0 Å². The Balaban J connectivity index is 1.83. The summed E-state index contributed by atoms with van der Waals surface area (Å²) in [6, 6.07) is 21.2. The van der Waals surface area contributed by atoms with Gasteiger partial charge in [-0.1, -0.05) is 59.6 Å². The molecule has 3 N–H and O–H groups in total. The fourth-order valence-corrected chi connectivity index (χ4v) is 5.09. The van der Waals surface area contributed by atoms with Crippen molar-refractivity contribution >= 4 is 23.2 Å². The van der Waals surface area contributed by atoms with Crippen LogP contribution in [0.1, 0.15) is 34.0 Å². The third kappa shape index (κ3) is 3.96. The highest BCUT2D eigenvalue weighted by Crippen LogP contribution is 2.41. The molecule has 5 aromatic rings. The number of aromatic amines is 2. The van der Waals surface area contributed by atoms with Crippen LogP contribution in [0.4, 0.5) is 0 Å². The molecule has 0 aliphatic heterocycles. The summed E-state index contributed by atoms with van der Waals surface area (Å²) in [7, 11) is 0. The molecule has 0 amide bonds. The number of para-hydroxylation sites is 2. The van der Waals surface area contributed by atoms with E-state index in [1.54, 1.807) is 38.1 Å². The predicted octanol–water partition coefficient (Wildman–Crippen LogP) is 5.45. The minimum Gasteiger partial charge on any atom is -0.506 e. The van der Waals surface area contributed by atoms with Crippen LogP contribution in [0.15, 0.2) is 82.4 Å². The minimum absolute atomic E-state index is 0.0237. The van der Waals surface area contributed by atoms with E-state index in [0.29, 0.717) is 33.9 Å². The normalized spacial score (nSPS) is 11.4. The Morgan fingerprint density at radius 2 is 1.19 bits per heavy atom. The monoisotopic (exact) mass is 520 g/mol. The van der Waals surface area contributed by atoms with Gasteiger partial charge in [-0.25, -0.2) is 9.36 Å². The van der Waals surface area contributed by atoms with E-state index in [1.165, 1.54) is 21.5 Å². The molecule has 0 bridgehead atoms. The average molecular weight is 521 g/mol. The summed E-state index contributed by atoms with van der Waals surface area (Å²) in [6.45, 7) is 3.51. The lowest BCUT2D eigenvalue weighted by atomic mass is 9.84. The van der Waals surface area contributed by atoms with Crippen molar-refractivity contribution in [2.45, 2.75) is 19.8 Å². The molecule has 182 valence electrons. The molecule has 0 spiro atoms. The van der Waals surface area contributed by atoms with E-state index in [0.717, 1.165) is 0 Å². The van der Waals surface area contributed by atoms with E-state index < -0.39 is 5.92 Å². The molecule has 0 unspecified atom stereocenters. The average Bonchev–Trinajstić information content (AvgIpc) is 3.33. The third-order valence-electron chi connectivity index (χ3n) is 6.21. The maximum Gasteiger partial charge on any atom is 0.275 e. The largest absolute Gasteiger partial charge is 0.506 e. The van der Waals surface area contributed by atoms with E-state index in [-0.39, 0.29) is 32.5 Å². The van der Waals surface area contributed by atoms with Crippen LogP contribution >= 0.6 is 23.2 Å². The Hall–Kier alpha value is -3.94. The van der Waals surface area contributed by atoms with E-state index in [4.69, 9.17) is 23.2 Å². The SMILES string of the molecule is Cc1[nH]n(-c2ccccc2)c(=O)c1C(c1cc(Cl)cc(Cl)c1O)c1c(C)[nH]n(-c2ccccc2)c1=O. The summed E-state index contributed by atoms with van der Waals surface area (Å²) < 4.78 is 2.83. The molecule has 36 heavy (non-hydrogen) atoms. The van der Waals surface area contributed by atoms with Crippen molar-refractivity contribution < 1.29 is 5.11 Å². The molecule has 3 aromatic carbocycles. The molecular formula is C27H22Cl2N4O3. The summed E-state index contributed by atoms with van der Waals surface area (Å²) in [5, 5.41) is 17.5. The van der Waals surface area contributed by atoms with Gasteiger partial charge in [0.15, 0.2) is 0 Å². The first-order chi connectivity index (χ1) is 17.3. The molecular weight excluding hydrogens is 499 g/mol. The number of nitrogens with one attached hydrogen (secondary N) is 2. The molecule has 0 aliphatic rings. The van der Waals surface area contributed by atoms with E-state index in [2.05, 4.69) is 10.2 Å². The second kappa shape index (κ2) is 9.26. The molecule has 2 aromatic heterocycles. The van der Waals surface area contributed by atoms with Gasteiger partial charge in [0.1, 0.15) is 5.75 Å². The van der Waals surface area contributed by atoms with Gasteiger partial charge < -0.3 is 5.11 Å². The maximum atomic E-state index is 13.8. The molecule has 0 saturated carbocycles. The summed E-state index contributed by atoms with van der Waals surface area (Å²) in [5.41, 5.74) is 2.49. The van der Waals surface area contributed by atoms with Crippen molar-refractivity contribution in [1.82, 2.24) is 19.6 Å². The van der Waals surface area contributed by atoms with Gasteiger partial charge in [0, 0.05) is 22.0 Å². The van der Waals surface area contributed by atoms with Crippen LogP contribution in [0.25, 0.3) is 11.4 Å². The lowest BCUT2D eigenvalue weighted by Gasteiger charge is -2.18. The zero-order valence-corrected chi connectivity index (χ0v) is 20.9. The summed E-state index contributed by atoms with van der Waals surface area (Å²) in [4.78, 5) is 27.6. The number of aryl methyl sites for hydroxylation is 2. The van der Waals surface area contributed by atoms with Crippen molar-refractivity contribution in [2.75, 3.05) is 0 Å². The topological polar surface area (TPSA) is 95.8 Å². The Bertz CT molecular complexity index is 1580. The first-order valence-electron chi connectivity index (χ1n) is 11.2. The number of phenolic OH excluding ortho intramolecular Hbond substituents is 1. The first-order valence-corrected chi connectivity index (χ1v) is 11.9. The summed E-state index contributed by atoms with van der Waals surface area (Å²) >= 11 is 12.6. The molecule has 0 atom stereocenters. The fourth-order valence-electron chi connectivity index (χ4n) is 4.58. The Morgan fingerprint density at radius 3 is 1.64 bits per heavy atom. The van der Waals surface area contributed by atoms with Crippen LogP contribution in [0.2, 0.25) is 10.0 Å². The lowest BCUT2D eigenvalue weighted by Crippen LogP contribution is -2.25. The zero-order chi connectivity index (χ0) is 25.6. The summed E-state index contributed by atoms with van der Waals surface area (Å²) in [6.07, 6.45) is 0. The molecule has 2 heterocycles. The molecule has 0 fully saturated rings. The van der Waals surface area contributed by atoms with Crippen LogP contribution in [0.3, 0.4) is 0 Å². The highest BCUT2D eigenvalue weighted by molar-refractivity contribution is 6.35. The van der Waals surface area contributed by atoms with Gasteiger partial charge in [0.05, 0.1) is 33.4 Å². The number of hydrogen-bond acceptors (Lipinski definition) is 3. The summed E-state index contributed by atoms with van der Waals surface area (Å²) in [5.74, 6) is -1.20. The molecule has 0 saturated heterocycles. The highest BCUT2D eigenvalue weighted by Gasteiger charge is 2.33. The number of aromatic nitrogens is 4. The number of nitrogens with zero attached hydrogens (tertiary/aromatic N) is 2. The third-order valence-corrected chi connectivity index (χ3v) is 6.72. The van der Waals surface area contributed by atoms with Crippen LogP contribution < -0.4 is 11.1 Å². The standard InChI is InChI=1S/C27H22Cl2N4O3/c1-15-22(26(35)32(30-15)18-9-5-3-6-10-18)24(20-13-17(28)14-21(29)25(20)34)23-16(2)31-33(27(23)36)19-11-7-4-8-12-19/h3-14,24,30-31,34H,1-2H3. The number of phenols is 1. The van der Waals surface area contributed by atoms with E-state index >= 15 is 0 Å². The van der Waals surface area contributed by atoms with Gasteiger partial charge in [-0.2, -0.15) is 0 Å². The van der Waals surface area contributed by atoms with E-state index in [1.807, 2.05) is 36.4 Å². The molecule has 5 rings (SSSR count). The van der Waals surface area contributed by atoms with Gasteiger partial charge in [-0.3, -0.25) is 19.8 Å². The molecule has 9 heteroatoms. The van der Waals surface area contributed by atoms with Crippen LogP contribution in [0, 0.1) is 13.8 Å². The van der Waals surface area contributed by atoms with Crippen LogP contribution in [0.5, 0.6) is 5.75 Å². The number of benzene rings is 3. The van der Waals surface area contributed by atoms with Gasteiger partial charge in [0.25, 0.3) is 11.1 Å². The van der Waals surface area contributed by atoms with Crippen molar-refractivity contribution in [3.8, 4) is 17.1 Å². The second-order valence-electron chi connectivity index (χ2n) is 8.51. The van der Waals surface area contributed by atoms with Crippen molar-refractivity contribution in [1.29, 1.82) is 0 Å². The number of aromatic hydroxyl groups is 1. The number of rotatable bonds is 5. The van der Waals surface area contributed by atoms with E-state index in [9.17, 15) is 14.7 Å². The van der Waals surface area contributed by atoms with Crippen LogP contribution in [-0.4, -0.2) is 24.7 Å². The van der Waals surface area contributed by atoms with Crippen molar-refractivity contribution in [3.05, 3.63) is 132 Å². The number of hydrogen-bond donors (Lipinski definition) is 3. The second-order valence-corrected chi connectivity index (χ2v) is 9.36. The number of halogens is 2. The maximum absolute atomic E-state index is 13.8. The van der Waals surface area contributed by atoms with Crippen molar-refractivity contribution in [2.24, 2.45) is 0 Å². The Kier molecular flexibility index (Phi) is 6.12. The predicted molar refractivity (Wildman–Crippen MR) is 141 cm³/mol. The van der Waals surface area contributed by atoms with Gasteiger partial charge in [-0.15, -0.1) is 0 Å². The fraction of sp³-hybridized carbons (Fsp3) is 0.111. The smallest absolute Gasteiger partial charge is 0.275 e. The number of H-pyrrole nitrogens is 2. The van der Waals surface area contributed by atoms with Crippen LogP contribution in [-0.2, 0) is 0 Å². The zero-order valence-electron chi connectivity index (χ0n) is 19.4. The molecule has 7 nitrogen and oxygen atoms in total. The molecule has 0 aliphatic carbocycles. The minimum atomic E-state index is -0.955. The first kappa shape index (κ1) is 23.8. The Labute approximate surface area is 216 Å². The quantitative estimate of drug-likeness (QED) is 0.287. The molecule has 0 radical (unpaired) electrons.